The third-order valence-electron chi connectivity index (χ3n) is 3.49. The van der Waals surface area contributed by atoms with Crippen LogP contribution in [-0.4, -0.2) is 47.3 Å². The summed E-state index contributed by atoms with van der Waals surface area (Å²) in [5.41, 5.74) is 1.06. The second-order valence-corrected chi connectivity index (χ2v) is 5.66. The molecule has 1 heterocycles. The zero-order chi connectivity index (χ0) is 14.8. The average Bonchev–Trinajstić information content (AvgIpc) is 2.90. The van der Waals surface area contributed by atoms with Crippen molar-refractivity contribution < 1.29 is 4.74 Å². The molecular formula is C14H28N4OS. The highest BCUT2D eigenvalue weighted by atomic mass is 32.1. The number of rotatable bonds is 11. The summed E-state index contributed by atoms with van der Waals surface area (Å²) in [5.74, 6) is 0. The van der Waals surface area contributed by atoms with Crippen molar-refractivity contribution in [3.05, 3.63) is 5.69 Å². The Kier molecular flexibility index (Phi) is 8.73. The molecular weight excluding hydrogens is 272 g/mol. The largest absolute Gasteiger partial charge is 0.383 e. The Morgan fingerprint density at radius 3 is 2.65 bits per heavy atom. The van der Waals surface area contributed by atoms with E-state index in [2.05, 4.69) is 40.6 Å². The molecule has 0 spiro atoms. The molecule has 0 radical (unpaired) electrons. The minimum atomic E-state index is 0.575. The molecule has 0 bridgehead atoms. The van der Waals surface area contributed by atoms with Gasteiger partial charge in [0.25, 0.3) is 0 Å². The summed E-state index contributed by atoms with van der Waals surface area (Å²) in [5, 5.41) is 8.82. The van der Waals surface area contributed by atoms with Crippen molar-refractivity contribution in [1.29, 1.82) is 0 Å². The molecule has 5 nitrogen and oxygen atoms in total. The molecule has 0 saturated heterocycles. The lowest BCUT2D eigenvalue weighted by Crippen LogP contribution is -2.36. The molecule has 116 valence electrons. The van der Waals surface area contributed by atoms with Crippen LogP contribution in [0.1, 0.15) is 45.7 Å². The van der Waals surface area contributed by atoms with Crippen LogP contribution in [0, 0.1) is 0 Å². The van der Waals surface area contributed by atoms with Gasteiger partial charge in [-0.25, -0.2) is 0 Å². The number of anilines is 1. The fourth-order valence-electron chi connectivity index (χ4n) is 2.28. The molecule has 0 aliphatic carbocycles. The predicted molar refractivity (Wildman–Crippen MR) is 85.3 cm³/mol. The highest BCUT2D eigenvalue weighted by molar-refractivity contribution is 7.10. The molecule has 0 saturated carbocycles. The zero-order valence-electron chi connectivity index (χ0n) is 13.2. The van der Waals surface area contributed by atoms with Gasteiger partial charge in [0.1, 0.15) is 10.7 Å². The van der Waals surface area contributed by atoms with Crippen LogP contribution in [0.4, 0.5) is 5.00 Å². The van der Waals surface area contributed by atoms with Crippen molar-refractivity contribution in [3.63, 3.8) is 0 Å². The van der Waals surface area contributed by atoms with E-state index >= 15 is 0 Å². The maximum Gasteiger partial charge on any atom is 0.134 e. The van der Waals surface area contributed by atoms with E-state index in [9.17, 15) is 0 Å². The molecule has 6 heteroatoms. The number of hydrogen-bond donors (Lipinski definition) is 1. The number of nitrogens with zero attached hydrogens (tertiary/aromatic N) is 3. The SMILES string of the molecule is CCCNc1snnc1CN(CCOC)C(CC)CC. The Hall–Kier alpha value is -0.720. The smallest absolute Gasteiger partial charge is 0.134 e. The maximum atomic E-state index is 5.24. The molecule has 0 unspecified atom stereocenters. The molecule has 1 aromatic heterocycles. The van der Waals surface area contributed by atoms with Gasteiger partial charge in [-0.2, -0.15) is 0 Å². The first kappa shape index (κ1) is 17.3. The monoisotopic (exact) mass is 300 g/mol. The summed E-state index contributed by atoms with van der Waals surface area (Å²) in [6.07, 6.45) is 3.41. The highest BCUT2D eigenvalue weighted by Crippen LogP contribution is 2.21. The Labute approximate surface area is 126 Å². The van der Waals surface area contributed by atoms with Crippen LogP contribution in [0.15, 0.2) is 0 Å². The van der Waals surface area contributed by atoms with Gasteiger partial charge in [0, 0.05) is 44.3 Å². The van der Waals surface area contributed by atoms with E-state index in [-0.39, 0.29) is 0 Å². The van der Waals surface area contributed by atoms with Crippen molar-refractivity contribution in [2.45, 2.75) is 52.6 Å². The van der Waals surface area contributed by atoms with Crippen molar-refractivity contribution >= 4 is 16.5 Å². The van der Waals surface area contributed by atoms with Gasteiger partial charge in [-0.15, -0.1) is 5.10 Å². The summed E-state index contributed by atoms with van der Waals surface area (Å²) in [6.45, 7) is 10.2. The normalized spacial score (nSPS) is 11.5. The standard InChI is InChI=1S/C14H28N4OS/c1-5-8-15-14-13(16-17-20-14)11-18(9-10-19-4)12(6-2)7-3/h12,15H,5-11H2,1-4H3. The topological polar surface area (TPSA) is 50.3 Å². The molecule has 1 rings (SSSR count). The third-order valence-corrected chi connectivity index (χ3v) is 4.21. The van der Waals surface area contributed by atoms with Crippen LogP contribution >= 0.6 is 11.5 Å². The molecule has 0 fully saturated rings. The molecule has 1 N–H and O–H groups in total. The number of nitrogens with one attached hydrogen (secondary N) is 1. The summed E-state index contributed by atoms with van der Waals surface area (Å²) in [6, 6.07) is 0.575. The second kappa shape index (κ2) is 10.1. The fourth-order valence-corrected chi connectivity index (χ4v) is 2.88. The lowest BCUT2D eigenvalue weighted by Gasteiger charge is -2.29. The lowest BCUT2D eigenvalue weighted by atomic mass is 10.1. The number of ether oxygens (including phenoxy) is 1. The van der Waals surface area contributed by atoms with Crippen LogP contribution < -0.4 is 5.32 Å². The Bertz CT molecular complexity index is 355. The Morgan fingerprint density at radius 2 is 2.05 bits per heavy atom. The Morgan fingerprint density at radius 1 is 1.30 bits per heavy atom. The van der Waals surface area contributed by atoms with Crippen LogP contribution in [0.5, 0.6) is 0 Å². The molecule has 0 aliphatic rings. The van der Waals surface area contributed by atoms with Crippen molar-refractivity contribution in [1.82, 2.24) is 14.5 Å². The summed E-state index contributed by atoms with van der Waals surface area (Å²) < 4.78 is 9.33. The summed E-state index contributed by atoms with van der Waals surface area (Å²) >= 11 is 1.45. The first-order chi connectivity index (χ1) is 9.76. The minimum absolute atomic E-state index is 0.575. The van der Waals surface area contributed by atoms with Gasteiger partial charge >= 0.3 is 0 Å². The van der Waals surface area contributed by atoms with Gasteiger partial charge < -0.3 is 10.1 Å². The van der Waals surface area contributed by atoms with Gasteiger partial charge in [-0.1, -0.05) is 25.3 Å². The summed E-state index contributed by atoms with van der Waals surface area (Å²) in [7, 11) is 1.75. The summed E-state index contributed by atoms with van der Waals surface area (Å²) in [4.78, 5) is 2.46. The second-order valence-electron chi connectivity index (χ2n) is 4.91. The predicted octanol–water partition coefficient (Wildman–Crippen LogP) is 3.00. The third kappa shape index (κ3) is 5.34. The van der Waals surface area contributed by atoms with Crippen molar-refractivity contribution in [2.24, 2.45) is 0 Å². The highest BCUT2D eigenvalue weighted by Gasteiger charge is 2.18. The van der Waals surface area contributed by atoms with Crippen LogP contribution in [0.25, 0.3) is 0 Å². The number of hydrogen-bond acceptors (Lipinski definition) is 6. The van der Waals surface area contributed by atoms with Gasteiger partial charge in [-0.05, 0) is 19.3 Å². The molecule has 0 aliphatic heterocycles. The first-order valence-electron chi connectivity index (χ1n) is 7.54. The van der Waals surface area contributed by atoms with E-state index in [1.165, 1.54) is 11.5 Å². The van der Waals surface area contributed by atoms with Crippen LogP contribution in [-0.2, 0) is 11.3 Å². The first-order valence-corrected chi connectivity index (χ1v) is 8.32. The molecule has 0 amide bonds. The van der Waals surface area contributed by atoms with Gasteiger partial charge in [0.15, 0.2) is 0 Å². The molecule has 0 atom stereocenters. The van der Waals surface area contributed by atoms with Gasteiger partial charge in [0.05, 0.1) is 6.61 Å². The van der Waals surface area contributed by atoms with Gasteiger partial charge in [0.2, 0.25) is 0 Å². The Balaban J connectivity index is 2.70. The van der Waals surface area contributed by atoms with E-state index in [0.717, 1.165) is 56.2 Å². The zero-order valence-corrected chi connectivity index (χ0v) is 14.0. The number of methoxy groups -OCH3 is 1. The van der Waals surface area contributed by atoms with Crippen molar-refractivity contribution in [3.8, 4) is 0 Å². The quantitative estimate of drug-likeness (QED) is 0.681. The van der Waals surface area contributed by atoms with E-state index < -0.39 is 0 Å². The minimum Gasteiger partial charge on any atom is -0.383 e. The number of aromatic nitrogens is 2. The van der Waals surface area contributed by atoms with Crippen molar-refractivity contribution in [2.75, 3.05) is 32.1 Å². The molecule has 20 heavy (non-hydrogen) atoms. The molecule has 1 aromatic rings. The van der Waals surface area contributed by atoms with E-state index in [1.54, 1.807) is 7.11 Å². The van der Waals surface area contributed by atoms with Crippen LogP contribution in [0.2, 0.25) is 0 Å². The van der Waals surface area contributed by atoms with Gasteiger partial charge in [-0.3, -0.25) is 4.90 Å². The average molecular weight is 300 g/mol. The van der Waals surface area contributed by atoms with Crippen LogP contribution in [0.3, 0.4) is 0 Å². The van der Waals surface area contributed by atoms with E-state index in [1.807, 2.05) is 0 Å². The fraction of sp³-hybridized carbons (Fsp3) is 0.857. The lowest BCUT2D eigenvalue weighted by molar-refractivity contribution is 0.109. The van der Waals surface area contributed by atoms with E-state index in [0.29, 0.717) is 6.04 Å². The maximum absolute atomic E-state index is 5.24. The molecule has 0 aromatic carbocycles. The van der Waals surface area contributed by atoms with E-state index in [4.69, 9.17) is 4.74 Å².